The summed E-state index contributed by atoms with van der Waals surface area (Å²) in [5.41, 5.74) is 0.471. The third kappa shape index (κ3) is 4.12. The Labute approximate surface area is 136 Å². The van der Waals surface area contributed by atoms with Gasteiger partial charge in [0.2, 0.25) is 0 Å². The minimum absolute atomic E-state index is 0.276. The molecule has 0 saturated carbocycles. The van der Waals surface area contributed by atoms with Crippen molar-refractivity contribution in [2.45, 2.75) is 0 Å². The molecular formula is C16H13BrFNO3. The van der Waals surface area contributed by atoms with E-state index in [9.17, 15) is 4.39 Å². The molecule has 0 aliphatic carbocycles. The SMILES string of the molecule is COc1cc(C#N)cc(Br)c1OCCOc1ccc(F)cc1. The molecule has 0 heterocycles. The molecule has 0 spiro atoms. The van der Waals surface area contributed by atoms with Gasteiger partial charge in [0, 0.05) is 6.07 Å². The van der Waals surface area contributed by atoms with Crippen LogP contribution in [0.4, 0.5) is 4.39 Å². The third-order valence-electron chi connectivity index (χ3n) is 2.77. The van der Waals surface area contributed by atoms with Crippen LogP contribution < -0.4 is 14.2 Å². The van der Waals surface area contributed by atoms with Gasteiger partial charge in [0.15, 0.2) is 11.5 Å². The van der Waals surface area contributed by atoms with Crippen LogP contribution in [-0.2, 0) is 0 Å². The Morgan fingerprint density at radius 1 is 1.14 bits per heavy atom. The van der Waals surface area contributed by atoms with E-state index in [1.807, 2.05) is 6.07 Å². The van der Waals surface area contributed by atoms with Gasteiger partial charge in [-0.25, -0.2) is 4.39 Å². The Morgan fingerprint density at radius 3 is 2.45 bits per heavy atom. The highest BCUT2D eigenvalue weighted by Crippen LogP contribution is 2.36. The summed E-state index contributed by atoms with van der Waals surface area (Å²) >= 11 is 3.35. The van der Waals surface area contributed by atoms with Crippen LogP contribution in [0.15, 0.2) is 40.9 Å². The second-order valence-corrected chi connectivity index (χ2v) is 5.11. The number of nitriles is 1. The topological polar surface area (TPSA) is 51.5 Å². The number of rotatable bonds is 6. The van der Waals surface area contributed by atoms with Crippen LogP contribution in [0.3, 0.4) is 0 Å². The van der Waals surface area contributed by atoms with E-state index in [-0.39, 0.29) is 12.4 Å². The Balaban J connectivity index is 1.94. The first-order valence-electron chi connectivity index (χ1n) is 6.43. The molecule has 0 radical (unpaired) electrons. The van der Waals surface area contributed by atoms with Crippen molar-refractivity contribution in [1.82, 2.24) is 0 Å². The van der Waals surface area contributed by atoms with E-state index in [4.69, 9.17) is 19.5 Å². The summed E-state index contributed by atoms with van der Waals surface area (Å²) in [5, 5.41) is 8.92. The molecule has 114 valence electrons. The van der Waals surface area contributed by atoms with Crippen LogP contribution in [-0.4, -0.2) is 20.3 Å². The molecule has 0 aliphatic rings. The van der Waals surface area contributed by atoms with E-state index in [0.717, 1.165) is 0 Å². The van der Waals surface area contributed by atoms with Crippen molar-refractivity contribution in [3.05, 3.63) is 52.3 Å². The zero-order chi connectivity index (χ0) is 15.9. The van der Waals surface area contributed by atoms with Crippen molar-refractivity contribution in [1.29, 1.82) is 5.26 Å². The Hall–Kier alpha value is -2.26. The van der Waals surface area contributed by atoms with E-state index in [0.29, 0.717) is 33.9 Å². The number of hydrogen-bond acceptors (Lipinski definition) is 4. The normalized spacial score (nSPS) is 9.91. The zero-order valence-corrected chi connectivity index (χ0v) is 13.4. The minimum Gasteiger partial charge on any atom is -0.493 e. The molecule has 4 nitrogen and oxygen atoms in total. The lowest BCUT2D eigenvalue weighted by molar-refractivity contribution is 0.210. The number of benzene rings is 2. The summed E-state index contributed by atoms with van der Waals surface area (Å²) in [5.74, 6) is 1.22. The van der Waals surface area contributed by atoms with Gasteiger partial charge >= 0.3 is 0 Å². The molecule has 0 bridgehead atoms. The van der Waals surface area contributed by atoms with E-state index in [2.05, 4.69) is 15.9 Å². The van der Waals surface area contributed by atoms with Crippen LogP contribution in [0.5, 0.6) is 17.2 Å². The lowest BCUT2D eigenvalue weighted by Gasteiger charge is -2.13. The number of halogens is 2. The fraction of sp³-hybridized carbons (Fsp3) is 0.188. The van der Waals surface area contributed by atoms with Crippen molar-refractivity contribution >= 4 is 15.9 Å². The van der Waals surface area contributed by atoms with E-state index < -0.39 is 0 Å². The monoisotopic (exact) mass is 365 g/mol. The van der Waals surface area contributed by atoms with Crippen molar-refractivity contribution < 1.29 is 18.6 Å². The molecule has 22 heavy (non-hydrogen) atoms. The Morgan fingerprint density at radius 2 is 1.82 bits per heavy atom. The Kier molecular flexibility index (Phi) is 5.61. The number of methoxy groups -OCH3 is 1. The highest BCUT2D eigenvalue weighted by Gasteiger charge is 2.11. The van der Waals surface area contributed by atoms with Crippen molar-refractivity contribution in [3.63, 3.8) is 0 Å². The molecule has 0 aromatic heterocycles. The molecule has 6 heteroatoms. The van der Waals surface area contributed by atoms with E-state index in [1.165, 1.54) is 19.2 Å². The van der Waals surface area contributed by atoms with Gasteiger partial charge in [-0.05, 0) is 46.3 Å². The molecule has 0 unspecified atom stereocenters. The predicted octanol–water partition coefficient (Wildman–Crippen LogP) is 3.93. The molecule has 2 rings (SSSR count). The van der Waals surface area contributed by atoms with Crippen molar-refractivity contribution in [3.8, 4) is 23.3 Å². The summed E-state index contributed by atoms with van der Waals surface area (Å²) in [6.07, 6.45) is 0. The van der Waals surface area contributed by atoms with Gasteiger partial charge in [-0.1, -0.05) is 0 Å². The van der Waals surface area contributed by atoms with Gasteiger partial charge in [0.05, 0.1) is 23.2 Å². The average molecular weight is 366 g/mol. The molecule has 0 saturated heterocycles. The zero-order valence-electron chi connectivity index (χ0n) is 11.8. The molecule has 0 aliphatic heterocycles. The molecule has 0 fully saturated rings. The summed E-state index contributed by atoms with van der Waals surface area (Å²) in [6.45, 7) is 0.569. The summed E-state index contributed by atoms with van der Waals surface area (Å²) in [4.78, 5) is 0. The smallest absolute Gasteiger partial charge is 0.175 e. The molecule has 2 aromatic rings. The quantitative estimate of drug-likeness (QED) is 0.727. The van der Waals surface area contributed by atoms with Gasteiger partial charge in [-0.2, -0.15) is 5.26 Å². The number of hydrogen-bond donors (Lipinski definition) is 0. The second kappa shape index (κ2) is 7.66. The van der Waals surface area contributed by atoms with Gasteiger partial charge < -0.3 is 14.2 Å². The van der Waals surface area contributed by atoms with Gasteiger partial charge in [0.1, 0.15) is 24.8 Å². The lowest BCUT2D eigenvalue weighted by Crippen LogP contribution is -2.10. The van der Waals surface area contributed by atoms with Gasteiger partial charge in [-0.3, -0.25) is 0 Å². The summed E-state index contributed by atoms with van der Waals surface area (Å²) in [6, 6.07) is 11.0. The van der Waals surface area contributed by atoms with Crippen LogP contribution in [0.25, 0.3) is 0 Å². The highest BCUT2D eigenvalue weighted by atomic mass is 79.9. The van der Waals surface area contributed by atoms with Gasteiger partial charge in [0.25, 0.3) is 0 Å². The number of nitrogens with zero attached hydrogens (tertiary/aromatic N) is 1. The molecule has 0 atom stereocenters. The van der Waals surface area contributed by atoms with Crippen LogP contribution >= 0.6 is 15.9 Å². The first-order chi connectivity index (χ1) is 10.6. The van der Waals surface area contributed by atoms with Crippen LogP contribution in [0.2, 0.25) is 0 Å². The summed E-state index contributed by atoms with van der Waals surface area (Å²) in [7, 11) is 1.50. The van der Waals surface area contributed by atoms with Gasteiger partial charge in [-0.15, -0.1) is 0 Å². The second-order valence-electron chi connectivity index (χ2n) is 4.25. The van der Waals surface area contributed by atoms with Crippen molar-refractivity contribution in [2.75, 3.05) is 20.3 Å². The molecule has 0 N–H and O–H groups in total. The van der Waals surface area contributed by atoms with Crippen LogP contribution in [0.1, 0.15) is 5.56 Å². The summed E-state index contributed by atoms with van der Waals surface area (Å²) < 4.78 is 29.7. The Bertz CT molecular complexity index is 683. The maximum atomic E-state index is 12.8. The number of ether oxygens (including phenoxy) is 3. The standard InChI is InChI=1S/C16H13BrFNO3/c1-20-15-9-11(10-19)8-14(17)16(15)22-7-6-21-13-4-2-12(18)3-5-13/h2-5,8-9H,6-7H2,1H3. The maximum Gasteiger partial charge on any atom is 0.175 e. The highest BCUT2D eigenvalue weighted by molar-refractivity contribution is 9.10. The fourth-order valence-electron chi connectivity index (χ4n) is 1.76. The minimum atomic E-state index is -0.310. The maximum absolute atomic E-state index is 12.8. The lowest BCUT2D eigenvalue weighted by atomic mass is 10.2. The average Bonchev–Trinajstić information content (AvgIpc) is 2.53. The predicted molar refractivity (Wildman–Crippen MR) is 82.8 cm³/mol. The molecular weight excluding hydrogens is 353 g/mol. The van der Waals surface area contributed by atoms with Crippen LogP contribution in [0, 0.1) is 17.1 Å². The third-order valence-corrected chi connectivity index (χ3v) is 3.36. The van der Waals surface area contributed by atoms with Crippen molar-refractivity contribution in [2.24, 2.45) is 0 Å². The fourth-order valence-corrected chi connectivity index (χ4v) is 2.32. The first-order valence-corrected chi connectivity index (χ1v) is 7.22. The van der Waals surface area contributed by atoms with E-state index >= 15 is 0 Å². The largest absolute Gasteiger partial charge is 0.493 e. The molecule has 2 aromatic carbocycles. The van der Waals surface area contributed by atoms with E-state index in [1.54, 1.807) is 24.3 Å². The molecule has 0 amide bonds. The first kappa shape index (κ1) is 16.1.